The maximum Gasteiger partial charge on any atom is 0.490 e. The first-order chi connectivity index (χ1) is 14.6. The second-order valence-electron chi connectivity index (χ2n) is 7.76. The van der Waals surface area contributed by atoms with E-state index in [1.54, 1.807) is 0 Å². The van der Waals surface area contributed by atoms with Gasteiger partial charge in [0.25, 0.3) is 0 Å². The number of anilines is 1. The van der Waals surface area contributed by atoms with Gasteiger partial charge in [0.1, 0.15) is 5.82 Å². The molecule has 170 valence electrons. The Bertz CT molecular complexity index is 909. The molecule has 0 aliphatic carbocycles. The summed E-state index contributed by atoms with van der Waals surface area (Å²) in [5.74, 6) is -0.685. The van der Waals surface area contributed by atoms with Gasteiger partial charge in [-0.1, -0.05) is 0 Å². The van der Waals surface area contributed by atoms with E-state index in [2.05, 4.69) is 33.3 Å². The van der Waals surface area contributed by atoms with E-state index in [0.717, 1.165) is 57.3 Å². The lowest BCUT2D eigenvalue weighted by Crippen LogP contribution is -2.27. The van der Waals surface area contributed by atoms with Crippen LogP contribution >= 0.6 is 0 Å². The SMILES string of the molecule is Cc1nc(N2CCCC2)nc2c1CCN(Cc1nccn1C)CC2.O=C(O)C(F)(F)F. The average molecular weight is 440 g/mol. The van der Waals surface area contributed by atoms with Crippen LogP contribution in [0.15, 0.2) is 12.4 Å². The lowest BCUT2D eigenvalue weighted by Gasteiger charge is -2.19. The van der Waals surface area contributed by atoms with Crippen LogP contribution in [0.5, 0.6) is 0 Å². The number of hydrogen-bond acceptors (Lipinski definition) is 6. The summed E-state index contributed by atoms with van der Waals surface area (Å²) in [6, 6.07) is 0. The van der Waals surface area contributed by atoms with Crippen molar-refractivity contribution in [3.63, 3.8) is 0 Å². The Labute approximate surface area is 178 Å². The van der Waals surface area contributed by atoms with E-state index in [4.69, 9.17) is 19.9 Å². The standard InChI is InChI=1S/C18H26N6.C2HF3O2/c1-14-15-5-10-23(13-17-19-7-12-22(17)2)11-6-16(15)21-18(20-14)24-8-3-4-9-24;3-2(4,5)1(6)7/h7,12H,3-6,8-11,13H2,1-2H3;(H,6,7). The van der Waals surface area contributed by atoms with Crippen molar-refractivity contribution in [2.75, 3.05) is 31.1 Å². The zero-order valence-corrected chi connectivity index (χ0v) is 17.7. The van der Waals surface area contributed by atoms with Crippen LogP contribution in [0.2, 0.25) is 0 Å². The number of carboxylic acids is 1. The maximum absolute atomic E-state index is 10.6. The predicted octanol–water partition coefficient (Wildman–Crippen LogP) is 2.35. The summed E-state index contributed by atoms with van der Waals surface area (Å²) < 4.78 is 33.8. The molecule has 0 aromatic carbocycles. The Morgan fingerprint density at radius 3 is 2.35 bits per heavy atom. The molecule has 2 aliphatic rings. The van der Waals surface area contributed by atoms with Crippen LogP contribution in [0.1, 0.15) is 35.6 Å². The summed E-state index contributed by atoms with van der Waals surface area (Å²) in [6.07, 6.45) is 3.36. The lowest BCUT2D eigenvalue weighted by molar-refractivity contribution is -0.192. The van der Waals surface area contributed by atoms with Crippen LogP contribution in [0.3, 0.4) is 0 Å². The molecule has 8 nitrogen and oxygen atoms in total. The molecule has 0 spiro atoms. The number of carbonyl (C=O) groups is 1. The number of aromatic nitrogens is 4. The van der Waals surface area contributed by atoms with Crippen molar-refractivity contribution in [2.45, 2.75) is 45.3 Å². The fourth-order valence-electron chi connectivity index (χ4n) is 3.78. The molecule has 2 aromatic heterocycles. The van der Waals surface area contributed by atoms with E-state index in [0.29, 0.717) is 0 Å². The Hall–Kier alpha value is -2.69. The second-order valence-corrected chi connectivity index (χ2v) is 7.76. The third-order valence-corrected chi connectivity index (χ3v) is 5.55. The molecule has 1 fully saturated rings. The fraction of sp³-hybridized carbons (Fsp3) is 0.600. The van der Waals surface area contributed by atoms with E-state index in [1.165, 1.54) is 29.8 Å². The van der Waals surface area contributed by atoms with Crippen LogP contribution < -0.4 is 4.90 Å². The van der Waals surface area contributed by atoms with E-state index in [9.17, 15) is 13.2 Å². The number of hydrogen-bond donors (Lipinski definition) is 1. The Balaban J connectivity index is 0.000000339. The Morgan fingerprint density at radius 2 is 1.77 bits per heavy atom. The third-order valence-electron chi connectivity index (χ3n) is 5.55. The number of fused-ring (bicyclic) bond motifs is 1. The first kappa shape index (κ1) is 23.0. The number of nitrogens with zero attached hydrogens (tertiary/aromatic N) is 6. The highest BCUT2D eigenvalue weighted by molar-refractivity contribution is 5.73. The van der Waals surface area contributed by atoms with Gasteiger partial charge in [0.2, 0.25) is 5.95 Å². The molecule has 31 heavy (non-hydrogen) atoms. The number of imidazole rings is 1. The molecule has 1 N–H and O–H groups in total. The smallest absolute Gasteiger partial charge is 0.475 e. The zero-order chi connectivity index (χ0) is 22.6. The number of rotatable bonds is 3. The molecule has 0 radical (unpaired) electrons. The Morgan fingerprint density at radius 1 is 1.13 bits per heavy atom. The molecule has 0 bridgehead atoms. The topological polar surface area (TPSA) is 87.4 Å². The maximum atomic E-state index is 10.6. The minimum absolute atomic E-state index is 0.906. The van der Waals surface area contributed by atoms with Gasteiger partial charge in [-0.15, -0.1) is 0 Å². The summed E-state index contributed by atoms with van der Waals surface area (Å²) in [6.45, 7) is 7.34. The van der Waals surface area contributed by atoms with Gasteiger partial charge in [-0.3, -0.25) is 4.90 Å². The molecular formula is C20H27F3N6O2. The molecule has 0 unspecified atom stereocenters. The van der Waals surface area contributed by atoms with Crippen LogP contribution in [0.4, 0.5) is 19.1 Å². The zero-order valence-electron chi connectivity index (χ0n) is 17.7. The van der Waals surface area contributed by atoms with Gasteiger partial charge in [-0.05, 0) is 31.7 Å². The van der Waals surface area contributed by atoms with E-state index in [1.807, 2.05) is 12.4 Å². The number of aryl methyl sites for hydroxylation is 2. The molecule has 0 amide bonds. The minimum atomic E-state index is -5.08. The van der Waals surface area contributed by atoms with Crippen LogP contribution in [-0.4, -0.2) is 67.9 Å². The first-order valence-electron chi connectivity index (χ1n) is 10.2. The number of halogens is 3. The quantitative estimate of drug-likeness (QED) is 0.784. The molecule has 0 atom stereocenters. The molecule has 4 heterocycles. The predicted molar refractivity (Wildman–Crippen MR) is 108 cm³/mol. The largest absolute Gasteiger partial charge is 0.490 e. The van der Waals surface area contributed by atoms with Gasteiger partial charge >= 0.3 is 12.1 Å². The van der Waals surface area contributed by atoms with Crippen molar-refractivity contribution in [1.82, 2.24) is 24.4 Å². The van der Waals surface area contributed by atoms with Crippen LogP contribution in [-0.2, 0) is 31.2 Å². The highest BCUT2D eigenvalue weighted by atomic mass is 19.4. The molecule has 0 saturated carbocycles. The van der Waals surface area contributed by atoms with Crippen molar-refractivity contribution in [2.24, 2.45) is 7.05 Å². The Kier molecular flexibility index (Phi) is 7.14. The summed E-state index contributed by atoms with van der Waals surface area (Å²) in [7, 11) is 2.06. The normalized spacial score (nSPS) is 17.0. The minimum Gasteiger partial charge on any atom is -0.475 e. The van der Waals surface area contributed by atoms with Gasteiger partial charge in [0, 0.05) is 57.7 Å². The highest BCUT2D eigenvalue weighted by Crippen LogP contribution is 2.23. The van der Waals surface area contributed by atoms with Crippen molar-refractivity contribution in [3.8, 4) is 0 Å². The van der Waals surface area contributed by atoms with Gasteiger partial charge in [-0.25, -0.2) is 19.7 Å². The number of carboxylic acid groups (broad SMARTS) is 1. The highest BCUT2D eigenvalue weighted by Gasteiger charge is 2.38. The molecule has 2 aromatic rings. The van der Waals surface area contributed by atoms with Crippen molar-refractivity contribution in [1.29, 1.82) is 0 Å². The van der Waals surface area contributed by atoms with E-state index in [-0.39, 0.29) is 0 Å². The molecule has 4 rings (SSSR count). The summed E-state index contributed by atoms with van der Waals surface area (Å²) in [5, 5.41) is 7.12. The van der Waals surface area contributed by atoms with E-state index < -0.39 is 12.1 Å². The van der Waals surface area contributed by atoms with Crippen molar-refractivity contribution in [3.05, 3.63) is 35.2 Å². The first-order valence-corrected chi connectivity index (χ1v) is 10.2. The lowest BCUT2D eigenvalue weighted by atomic mass is 10.1. The summed E-state index contributed by atoms with van der Waals surface area (Å²) in [5.41, 5.74) is 3.78. The molecule has 2 aliphatic heterocycles. The van der Waals surface area contributed by atoms with Crippen LogP contribution in [0, 0.1) is 6.92 Å². The monoisotopic (exact) mass is 440 g/mol. The number of alkyl halides is 3. The fourth-order valence-corrected chi connectivity index (χ4v) is 3.78. The number of aliphatic carboxylic acids is 1. The average Bonchev–Trinajstić information content (AvgIpc) is 3.32. The van der Waals surface area contributed by atoms with E-state index >= 15 is 0 Å². The summed E-state index contributed by atoms with van der Waals surface area (Å²) >= 11 is 0. The van der Waals surface area contributed by atoms with Gasteiger partial charge in [-0.2, -0.15) is 13.2 Å². The van der Waals surface area contributed by atoms with Gasteiger partial charge < -0.3 is 14.6 Å². The van der Waals surface area contributed by atoms with Crippen LogP contribution in [0.25, 0.3) is 0 Å². The second kappa shape index (κ2) is 9.63. The van der Waals surface area contributed by atoms with Crippen molar-refractivity contribution < 1.29 is 23.1 Å². The third kappa shape index (κ3) is 5.93. The molecule has 1 saturated heterocycles. The van der Waals surface area contributed by atoms with Crippen molar-refractivity contribution >= 4 is 11.9 Å². The summed E-state index contributed by atoms with van der Waals surface area (Å²) in [4.78, 5) is 27.9. The molecule has 11 heteroatoms. The van der Waals surface area contributed by atoms with Gasteiger partial charge in [0.15, 0.2) is 0 Å². The van der Waals surface area contributed by atoms with Gasteiger partial charge in [0.05, 0.1) is 12.2 Å². The molecular weight excluding hydrogens is 413 g/mol.